The topological polar surface area (TPSA) is 57.2 Å². The lowest BCUT2D eigenvalue weighted by molar-refractivity contribution is 0.0544. The number of nitrogens with two attached hydrogens (primary N) is 1. The number of aromatic nitrogens is 1. The molecule has 2 aromatic rings. The Balaban J connectivity index is 0.00000180. The molecule has 0 aliphatic carbocycles. The molecular weight excluding hydrogens is 264 g/mol. The van der Waals surface area contributed by atoms with Gasteiger partial charge < -0.3 is 10.5 Å². The number of hydrogen-bond donors (Lipinski definition) is 1. The number of fused-ring (bicyclic) bond motifs is 1. The molecule has 104 valence electrons. The van der Waals surface area contributed by atoms with Crippen LogP contribution < -0.4 is 5.73 Å². The van der Waals surface area contributed by atoms with Crippen molar-refractivity contribution in [1.29, 1.82) is 0 Å². The van der Waals surface area contributed by atoms with Crippen molar-refractivity contribution in [3.8, 4) is 0 Å². The second kappa shape index (κ2) is 5.63. The fraction of sp³-hybridized carbons (Fsp3) is 0.357. The van der Waals surface area contributed by atoms with Crippen molar-refractivity contribution in [2.75, 3.05) is 0 Å². The van der Waals surface area contributed by atoms with E-state index in [1.165, 1.54) is 4.57 Å². The van der Waals surface area contributed by atoms with Crippen LogP contribution in [0.25, 0.3) is 10.9 Å². The van der Waals surface area contributed by atoms with Gasteiger partial charge in [0.2, 0.25) is 0 Å². The summed E-state index contributed by atoms with van der Waals surface area (Å²) in [7, 11) is 0. The summed E-state index contributed by atoms with van der Waals surface area (Å²) in [5.74, 6) is 0. The lowest BCUT2D eigenvalue weighted by atomic mass is 10.1. The third-order valence-corrected chi connectivity index (χ3v) is 2.58. The molecule has 19 heavy (non-hydrogen) atoms. The van der Waals surface area contributed by atoms with Gasteiger partial charge in [0.1, 0.15) is 5.60 Å². The molecule has 0 aliphatic heterocycles. The average Bonchev–Trinajstić information content (AvgIpc) is 2.69. The van der Waals surface area contributed by atoms with Crippen LogP contribution in [-0.4, -0.2) is 16.3 Å². The lowest BCUT2D eigenvalue weighted by Gasteiger charge is -2.19. The minimum atomic E-state index is -0.501. The lowest BCUT2D eigenvalue weighted by Crippen LogP contribution is -2.26. The zero-order valence-electron chi connectivity index (χ0n) is 11.3. The molecule has 0 radical (unpaired) electrons. The molecule has 1 heterocycles. The first kappa shape index (κ1) is 15.5. The van der Waals surface area contributed by atoms with Gasteiger partial charge >= 0.3 is 6.09 Å². The molecule has 1 aromatic carbocycles. The molecule has 0 unspecified atom stereocenters. The quantitative estimate of drug-likeness (QED) is 0.873. The highest BCUT2D eigenvalue weighted by Gasteiger charge is 2.18. The van der Waals surface area contributed by atoms with E-state index in [1.54, 1.807) is 6.20 Å². The van der Waals surface area contributed by atoms with Gasteiger partial charge in [-0.2, -0.15) is 0 Å². The Labute approximate surface area is 118 Å². The summed E-state index contributed by atoms with van der Waals surface area (Å²) in [6.07, 6.45) is 1.35. The Hall–Kier alpha value is -1.52. The Bertz CT molecular complexity index is 585. The highest BCUT2D eigenvalue weighted by atomic mass is 35.5. The number of nitrogens with zero attached hydrogens (tertiary/aromatic N) is 1. The number of rotatable bonds is 1. The smallest absolute Gasteiger partial charge is 0.418 e. The number of carbonyl (C=O) groups excluding carboxylic acids is 1. The van der Waals surface area contributed by atoms with Crippen LogP contribution in [0.2, 0.25) is 0 Å². The summed E-state index contributed by atoms with van der Waals surface area (Å²) < 4.78 is 6.87. The maximum Gasteiger partial charge on any atom is 0.418 e. The molecule has 0 saturated heterocycles. The number of halogens is 1. The van der Waals surface area contributed by atoms with Crippen molar-refractivity contribution in [2.24, 2.45) is 5.73 Å². The van der Waals surface area contributed by atoms with Crippen molar-refractivity contribution in [3.63, 3.8) is 0 Å². The van der Waals surface area contributed by atoms with Crippen molar-refractivity contribution in [2.45, 2.75) is 32.9 Å². The van der Waals surface area contributed by atoms with E-state index in [2.05, 4.69) is 0 Å². The third kappa shape index (κ3) is 3.49. The van der Waals surface area contributed by atoms with Crippen LogP contribution in [0.4, 0.5) is 4.79 Å². The van der Waals surface area contributed by atoms with E-state index < -0.39 is 5.60 Å². The maximum atomic E-state index is 12.0. The zero-order chi connectivity index (χ0) is 13.3. The standard InChI is InChI=1S/C14H18N2O2.ClH/c1-14(2,3)18-13(17)16-7-6-11-5-4-10(9-15)8-12(11)16;/h4-8H,9,15H2,1-3H3;1H. The first-order chi connectivity index (χ1) is 8.40. The molecule has 2 rings (SSSR count). The minimum absolute atomic E-state index is 0. The van der Waals surface area contributed by atoms with Crippen LogP contribution in [0.15, 0.2) is 30.5 Å². The molecule has 0 atom stereocenters. The largest absolute Gasteiger partial charge is 0.443 e. The first-order valence-corrected chi connectivity index (χ1v) is 5.94. The van der Waals surface area contributed by atoms with Crippen LogP contribution >= 0.6 is 12.4 Å². The van der Waals surface area contributed by atoms with Gasteiger partial charge in [0.05, 0.1) is 5.52 Å². The van der Waals surface area contributed by atoms with E-state index in [4.69, 9.17) is 10.5 Å². The van der Waals surface area contributed by atoms with Gasteiger partial charge in [-0.3, -0.25) is 4.57 Å². The Morgan fingerprint density at radius 1 is 1.32 bits per heavy atom. The predicted molar refractivity (Wildman–Crippen MR) is 78.7 cm³/mol. The molecule has 0 aliphatic rings. The molecule has 0 saturated carbocycles. The monoisotopic (exact) mass is 282 g/mol. The van der Waals surface area contributed by atoms with Crippen LogP contribution in [-0.2, 0) is 11.3 Å². The molecule has 0 bridgehead atoms. The van der Waals surface area contributed by atoms with Crippen LogP contribution in [0.3, 0.4) is 0 Å². The van der Waals surface area contributed by atoms with Gasteiger partial charge in [0, 0.05) is 18.1 Å². The summed E-state index contributed by atoms with van der Waals surface area (Å²) in [6, 6.07) is 7.72. The van der Waals surface area contributed by atoms with E-state index in [1.807, 2.05) is 45.0 Å². The number of hydrogen-bond acceptors (Lipinski definition) is 3. The van der Waals surface area contributed by atoms with Crippen molar-refractivity contribution in [3.05, 3.63) is 36.0 Å². The number of benzene rings is 1. The van der Waals surface area contributed by atoms with Crippen molar-refractivity contribution in [1.82, 2.24) is 4.57 Å². The first-order valence-electron chi connectivity index (χ1n) is 5.94. The minimum Gasteiger partial charge on any atom is -0.443 e. The molecular formula is C14H19ClN2O2. The second-order valence-electron chi connectivity index (χ2n) is 5.26. The SMILES string of the molecule is CC(C)(C)OC(=O)n1ccc2ccc(CN)cc21.Cl. The zero-order valence-corrected chi connectivity index (χ0v) is 12.2. The number of carbonyl (C=O) groups is 1. The van der Waals surface area contributed by atoms with E-state index >= 15 is 0 Å². The van der Waals surface area contributed by atoms with Crippen molar-refractivity contribution >= 4 is 29.4 Å². The van der Waals surface area contributed by atoms with Gasteiger partial charge in [0.25, 0.3) is 0 Å². The number of ether oxygens (including phenoxy) is 1. The summed E-state index contributed by atoms with van der Waals surface area (Å²) in [4.78, 5) is 12.0. The summed E-state index contributed by atoms with van der Waals surface area (Å²) in [6.45, 7) is 6.00. The fourth-order valence-electron chi connectivity index (χ4n) is 1.77. The molecule has 0 spiro atoms. The summed E-state index contributed by atoms with van der Waals surface area (Å²) >= 11 is 0. The highest BCUT2D eigenvalue weighted by molar-refractivity contribution is 5.89. The Morgan fingerprint density at radius 3 is 2.58 bits per heavy atom. The van der Waals surface area contributed by atoms with E-state index in [0.29, 0.717) is 6.54 Å². The molecule has 1 aromatic heterocycles. The molecule has 0 amide bonds. The molecule has 0 fully saturated rings. The Morgan fingerprint density at radius 2 is 2.00 bits per heavy atom. The molecule has 5 heteroatoms. The van der Waals surface area contributed by atoms with Crippen molar-refractivity contribution < 1.29 is 9.53 Å². The van der Waals surface area contributed by atoms with Gasteiger partial charge in [0.15, 0.2) is 0 Å². The fourth-order valence-corrected chi connectivity index (χ4v) is 1.77. The Kier molecular flexibility index (Phi) is 4.61. The van der Waals surface area contributed by atoms with Gasteiger partial charge in [-0.25, -0.2) is 4.79 Å². The summed E-state index contributed by atoms with van der Waals surface area (Å²) in [5, 5.41) is 0.998. The van der Waals surface area contributed by atoms with E-state index in [-0.39, 0.29) is 18.5 Å². The van der Waals surface area contributed by atoms with Gasteiger partial charge in [-0.15, -0.1) is 12.4 Å². The average molecular weight is 283 g/mol. The van der Waals surface area contributed by atoms with E-state index in [0.717, 1.165) is 16.5 Å². The summed E-state index contributed by atoms with van der Waals surface area (Å²) in [5.41, 5.74) is 6.93. The van der Waals surface area contributed by atoms with Crippen LogP contribution in [0, 0.1) is 0 Å². The van der Waals surface area contributed by atoms with Gasteiger partial charge in [-0.05, 0) is 38.5 Å². The molecule has 2 N–H and O–H groups in total. The van der Waals surface area contributed by atoms with Crippen LogP contribution in [0.5, 0.6) is 0 Å². The molecule has 4 nitrogen and oxygen atoms in total. The maximum absolute atomic E-state index is 12.0. The highest BCUT2D eigenvalue weighted by Crippen LogP contribution is 2.19. The van der Waals surface area contributed by atoms with Crippen LogP contribution in [0.1, 0.15) is 26.3 Å². The second-order valence-corrected chi connectivity index (χ2v) is 5.26. The predicted octanol–water partition coefficient (Wildman–Crippen LogP) is 3.31. The van der Waals surface area contributed by atoms with E-state index in [9.17, 15) is 4.79 Å². The van der Waals surface area contributed by atoms with Gasteiger partial charge in [-0.1, -0.05) is 12.1 Å². The normalized spacial score (nSPS) is 11.2. The third-order valence-electron chi connectivity index (χ3n) is 2.58.